The number of nitrogens with zero attached hydrogens (tertiary/aromatic N) is 1. The lowest BCUT2D eigenvalue weighted by atomic mass is 9.88. The maximum Gasteiger partial charge on any atom is 0.00951 e. The molecule has 0 aromatic rings. The van der Waals surface area contributed by atoms with Crippen LogP contribution in [0.25, 0.3) is 0 Å². The molecule has 0 saturated carbocycles. The summed E-state index contributed by atoms with van der Waals surface area (Å²) >= 11 is 0. The topological polar surface area (TPSA) is 29.3 Å². The van der Waals surface area contributed by atoms with Gasteiger partial charge < -0.3 is 10.6 Å². The summed E-state index contributed by atoms with van der Waals surface area (Å²) < 4.78 is 0. The molecule has 0 amide bonds. The van der Waals surface area contributed by atoms with Gasteiger partial charge in [0.25, 0.3) is 0 Å². The molecule has 16 heavy (non-hydrogen) atoms. The van der Waals surface area contributed by atoms with Crippen molar-refractivity contribution in [2.24, 2.45) is 11.1 Å². The Morgan fingerprint density at radius 2 is 2.06 bits per heavy atom. The summed E-state index contributed by atoms with van der Waals surface area (Å²) in [5.74, 6) is 0. The van der Waals surface area contributed by atoms with Crippen molar-refractivity contribution in [3.8, 4) is 0 Å². The summed E-state index contributed by atoms with van der Waals surface area (Å²) in [5, 5.41) is 0. The Bertz CT molecular complexity index is 187. The number of nitrogens with two attached hydrogens (primary N) is 1. The van der Waals surface area contributed by atoms with Gasteiger partial charge in [-0.2, -0.15) is 0 Å². The van der Waals surface area contributed by atoms with E-state index in [-0.39, 0.29) is 0 Å². The van der Waals surface area contributed by atoms with E-state index in [1.807, 2.05) is 0 Å². The predicted molar refractivity (Wildman–Crippen MR) is 71.6 cm³/mol. The molecular formula is C14H30N2. The summed E-state index contributed by atoms with van der Waals surface area (Å²) in [6.45, 7) is 10.2. The van der Waals surface area contributed by atoms with Crippen LogP contribution in [0.4, 0.5) is 0 Å². The molecule has 2 nitrogen and oxygen atoms in total. The van der Waals surface area contributed by atoms with E-state index in [1.165, 1.54) is 51.6 Å². The molecule has 1 aliphatic heterocycles. The van der Waals surface area contributed by atoms with Crippen LogP contribution in [0.15, 0.2) is 0 Å². The smallest absolute Gasteiger partial charge is 0.00951 e. The van der Waals surface area contributed by atoms with Gasteiger partial charge in [0.05, 0.1) is 0 Å². The van der Waals surface area contributed by atoms with Crippen LogP contribution in [0.1, 0.15) is 59.3 Å². The van der Waals surface area contributed by atoms with Gasteiger partial charge in [0, 0.05) is 6.04 Å². The predicted octanol–water partition coefficient (Wildman–Crippen LogP) is 3.02. The molecule has 0 spiro atoms. The third kappa shape index (κ3) is 4.42. The highest BCUT2D eigenvalue weighted by Gasteiger charge is 2.24. The fourth-order valence-electron chi connectivity index (χ4n) is 2.56. The van der Waals surface area contributed by atoms with Crippen molar-refractivity contribution in [1.82, 2.24) is 4.90 Å². The third-order valence-electron chi connectivity index (χ3n) is 4.00. The van der Waals surface area contributed by atoms with Crippen molar-refractivity contribution in [2.45, 2.75) is 65.3 Å². The molecule has 0 aromatic carbocycles. The quantitative estimate of drug-likeness (QED) is 0.754. The van der Waals surface area contributed by atoms with Crippen LogP contribution in [0, 0.1) is 5.41 Å². The van der Waals surface area contributed by atoms with E-state index < -0.39 is 0 Å². The largest absolute Gasteiger partial charge is 0.330 e. The van der Waals surface area contributed by atoms with Gasteiger partial charge in [-0.3, -0.25) is 0 Å². The third-order valence-corrected chi connectivity index (χ3v) is 4.00. The van der Waals surface area contributed by atoms with Crippen molar-refractivity contribution in [1.29, 1.82) is 0 Å². The molecule has 1 fully saturated rings. The highest BCUT2D eigenvalue weighted by atomic mass is 15.2. The Morgan fingerprint density at radius 3 is 2.69 bits per heavy atom. The first-order valence-corrected chi connectivity index (χ1v) is 7.03. The standard InChI is InChI=1S/C14H30N2/c1-4-7-13-8-5-6-10-16(13)11-9-14(2,3)12-15/h13H,4-12,15H2,1-3H3. The molecule has 1 rings (SSSR count). The normalized spacial score (nSPS) is 23.6. The average molecular weight is 226 g/mol. The molecule has 0 bridgehead atoms. The molecule has 1 saturated heterocycles. The molecule has 2 heteroatoms. The molecular weight excluding hydrogens is 196 g/mol. The minimum absolute atomic E-state index is 0.314. The minimum atomic E-state index is 0.314. The fraction of sp³-hybridized carbons (Fsp3) is 1.00. The minimum Gasteiger partial charge on any atom is -0.330 e. The van der Waals surface area contributed by atoms with Crippen LogP contribution >= 0.6 is 0 Å². The summed E-state index contributed by atoms with van der Waals surface area (Å²) in [5.41, 5.74) is 6.11. The van der Waals surface area contributed by atoms with Crippen LogP contribution in [-0.4, -0.2) is 30.6 Å². The number of hydrogen-bond donors (Lipinski definition) is 1. The fourth-order valence-corrected chi connectivity index (χ4v) is 2.56. The molecule has 1 aliphatic rings. The lowest BCUT2D eigenvalue weighted by molar-refractivity contribution is 0.121. The van der Waals surface area contributed by atoms with E-state index >= 15 is 0 Å². The van der Waals surface area contributed by atoms with E-state index in [4.69, 9.17) is 5.73 Å². The summed E-state index contributed by atoms with van der Waals surface area (Å²) in [4.78, 5) is 2.71. The maximum atomic E-state index is 5.80. The van der Waals surface area contributed by atoms with Crippen molar-refractivity contribution in [3.63, 3.8) is 0 Å². The zero-order valence-corrected chi connectivity index (χ0v) is 11.5. The average Bonchev–Trinajstić information content (AvgIpc) is 2.28. The molecule has 0 radical (unpaired) electrons. The Kier molecular flexibility index (Phi) is 5.77. The monoisotopic (exact) mass is 226 g/mol. The van der Waals surface area contributed by atoms with Crippen LogP contribution in [0.2, 0.25) is 0 Å². The molecule has 1 atom stereocenters. The molecule has 0 aromatic heterocycles. The van der Waals surface area contributed by atoms with Crippen LogP contribution in [0.3, 0.4) is 0 Å². The molecule has 0 aliphatic carbocycles. The summed E-state index contributed by atoms with van der Waals surface area (Å²) in [7, 11) is 0. The van der Waals surface area contributed by atoms with Gasteiger partial charge in [0.1, 0.15) is 0 Å². The van der Waals surface area contributed by atoms with E-state index in [2.05, 4.69) is 25.7 Å². The Labute approximate surface area is 102 Å². The number of hydrogen-bond acceptors (Lipinski definition) is 2. The van der Waals surface area contributed by atoms with Crippen LogP contribution < -0.4 is 5.73 Å². The Hall–Kier alpha value is -0.0800. The second kappa shape index (κ2) is 6.61. The van der Waals surface area contributed by atoms with Crippen LogP contribution in [-0.2, 0) is 0 Å². The Balaban J connectivity index is 2.37. The van der Waals surface area contributed by atoms with Crippen molar-refractivity contribution in [2.75, 3.05) is 19.6 Å². The number of likely N-dealkylation sites (tertiary alicyclic amines) is 1. The van der Waals surface area contributed by atoms with Gasteiger partial charge in [0.2, 0.25) is 0 Å². The zero-order chi connectivity index (χ0) is 12.0. The van der Waals surface area contributed by atoms with E-state index in [1.54, 1.807) is 0 Å². The number of rotatable bonds is 6. The summed E-state index contributed by atoms with van der Waals surface area (Å²) in [6, 6.07) is 0.854. The second-order valence-electron chi connectivity index (χ2n) is 6.09. The lowest BCUT2D eigenvalue weighted by Crippen LogP contribution is -2.41. The van der Waals surface area contributed by atoms with Gasteiger partial charge in [-0.15, -0.1) is 0 Å². The van der Waals surface area contributed by atoms with Crippen molar-refractivity contribution in [3.05, 3.63) is 0 Å². The number of piperidine rings is 1. The van der Waals surface area contributed by atoms with Crippen molar-refractivity contribution < 1.29 is 0 Å². The second-order valence-corrected chi connectivity index (χ2v) is 6.09. The first-order valence-electron chi connectivity index (χ1n) is 7.03. The van der Waals surface area contributed by atoms with Crippen LogP contribution in [0.5, 0.6) is 0 Å². The maximum absolute atomic E-state index is 5.80. The van der Waals surface area contributed by atoms with Gasteiger partial charge in [-0.05, 0) is 50.7 Å². The van der Waals surface area contributed by atoms with Gasteiger partial charge in [-0.25, -0.2) is 0 Å². The van der Waals surface area contributed by atoms with Gasteiger partial charge in [-0.1, -0.05) is 33.6 Å². The Morgan fingerprint density at radius 1 is 1.31 bits per heavy atom. The lowest BCUT2D eigenvalue weighted by Gasteiger charge is -2.37. The molecule has 1 heterocycles. The van der Waals surface area contributed by atoms with Gasteiger partial charge >= 0.3 is 0 Å². The first kappa shape index (κ1) is 14.0. The van der Waals surface area contributed by atoms with E-state index in [9.17, 15) is 0 Å². The molecule has 1 unspecified atom stereocenters. The highest BCUT2D eigenvalue weighted by Crippen LogP contribution is 2.24. The van der Waals surface area contributed by atoms with Crippen molar-refractivity contribution >= 4 is 0 Å². The molecule has 96 valence electrons. The SMILES string of the molecule is CCCC1CCCCN1CCC(C)(C)CN. The van der Waals surface area contributed by atoms with Gasteiger partial charge in [0.15, 0.2) is 0 Å². The van der Waals surface area contributed by atoms with E-state index in [0.717, 1.165) is 12.6 Å². The highest BCUT2D eigenvalue weighted by molar-refractivity contribution is 4.79. The summed E-state index contributed by atoms with van der Waals surface area (Å²) in [6.07, 6.45) is 8.18. The first-order chi connectivity index (χ1) is 7.59. The van der Waals surface area contributed by atoms with E-state index in [0.29, 0.717) is 5.41 Å². The molecule has 2 N–H and O–H groups in total. The zero-order valence-electron chi connectivity index (χ0n) is 11.5.